The zero-order valence-corrected chi connectivity index (χ0v) is 10.9. The Hall–Kier alpha value is -1.20. The maximum Gasteiger partial charge on any atom is 0.226 e. The van der Waals surface area contributed by atoms with Crippen LogP contribution in [0.15, 0.2) is 33.3 Å². The average Bonchev–Trinajstić information content (AvgIpc) is 2.79. The summed E-state index contributed by atoms with van der Waals surface area (Å²) in [5.41, 5.74) is 0.921. The fourth-order valence-corrected chi connectivity index (χ4v) is 1.96. The molecule has 0 radical (unpaired) electrons. The molecule has 0 unspecified atom stereocenters. The smallest absolute Gasteiger partial charge is 0.226 e. The third-order valence-corrected chi connectivity index (χ3v) is 3.07. The highest BCUT2D eigenvalue weighted by atomic mass is 79.9. The summed E-state index contributed by atoms with van der Waals surface area (Å²) in [6.45, 7) is 0.200. The molecular weight excluding hydrogens is 284 g/mol. The summed E-state index contributed by atoms with van der Waals surface area (Å²) in [6.07, 6.45) is 2.32. The highest BCUT2D eigenvalue weighted by Gasteiger charge is 2.10. The van der Waals surface area contributed by atoms with Crippen molar-refractivity contribution >= 4 is 15.9 Å². The van der Waals surface area contributed by atoms with E-state index in [0.717, 1.165) is 22.9 Å². The van der Waals surface area contributed by atoms with Crippen LogP contribution >= 0.6 is 15.9 Å². The summed E-state index contributed by atoms with van der Waals surface area (Å²) in [5, 5.41) is 12.6. The number of hydrogen-bond donors (Lipinski definition) is 1. The molecule has 1 heterocycles. The van der Waals surface area contributed by atoms with Crippen LogP contribution in [0.25, 0.3) is 11.4 Å². The van der Waals surface area contributed by atoms with Crippen molar-refractivity contribution in [1.82, 2.24) is 10.1 Å². The van der Waals surface area contributed by atoms with Gasteiger partial charge in [0.1, 0.15) is 0 Å². The van der Waals surface area contributed by atoms with Crippen molar-refractivity contribution in [3.05, 3.63) is 34.6 Å². The fraction of sp³-hybridized carbons (Fsp3) is 0.333. The molecule has 0 saturated carbocycles. The van der Waals surface area contributed by atoms with E-state index in [-0.39, 0.29) is 6.61 Å². The molecule has 4 nitrogen and oxygen atoms in total. The Morgan fingerprint density at radius 2 is 2.06 bits per heavy atom. The number of aliphatic hydroxyl groups is 1. The second-order valence-electron chi connectivity index (χ2n) is 3.67. The van der Waals surface area contributed by atoms with Crippen LogP contribution < -0.4 is 0 Å². The Balaban J connectivity index is 2.10. The van der Waals surface area contributed by atoms with Gasteiger partial charge in [-0.15, -0.1) is 0 Å². The average molecular weight is 297 g/mol. The molecule has 0 spiro atoms. The molecule has 1 N–H and O–H groups in total. The van der Waals surface area contributed by atoms with Gasteiger partial charge in [-0.3, -0.25) is 0 Å². The van der Waals surface area contributed by atoms with Gasteiger partial charge in [0.15, 0.2) is 0 Å². The molecule has 0 atom stereocenters. The summed E-state index contributed by atoms with van der Waals surface area (Å²) in [4.78, 5) is 4.32. The molecule has 0 aliphatic heterocycles. The fourth-order valence-electron chi connectivity index (χ4n) is 1.50. The van der Waals surface area contributed by atoms with E-state index in [4.69, 9.17) is 9.63 Å². The van der Waals surface area contributed by atoms with Crippen molar-refractivity contribution in [1.29, 1.82) is 0 Å². The first kappa shape index (κ1) is 12.3. The summed E-state index contributed by atoms with van der Waals surface area (Å²) >= 11 is 3.45. The minimum absolute atomic E-state index is 0.200. The lowest BCUT2D eigenvalue weighted by Gasteiger charge is -1.96. The van der Waals surface area contributed by atoms with Crippen molar-refractivity contribution in [3.8, 4) is 11.4 Å². The summed E-state index contributed by atoms with van der Waals surface area (Å²) in [7, 11) is 0. The number of nitrogens with zero attached hydrogens (tertiary/aromatic N) is 2. The van der Waals surface area contributed by atoms with Crippen LogP contribution in [0.3, 0.4) is 0 Å². The van der Waals surface area contributed by atoms with Crippen molar-refractivity contribution in [2.24, 2.45) is 0 Å². The first-order valence-electron chi connectivity index (χ1n) is 5.49. The SMILES string of the molecule is OCCCCc1nc(-c2ccccc2Br)no1. The number of hydrogen-bond acceptors (Lipinski definition) is 4. The molecular formula is C12H13BrN2O2. The number of unbranched alkanes of at least 4 members (excludes halogenated alkanes) is 1. The van der Waals surface area contributed by atoms with Gasteiger partial charge in [-0.2, -0.15) is 4.98 Å². The predicted molar refractivity (Wildman–Crippen MR) is 67.5 cm³/mol. The lowest BCUT2D eigenvalue weighted by Crippen LogP contribution is -1.89. The van der Waals surface area contributed by atoms with Gasteiger partial charge in [-0.05, 0) is 25.0 Å². The highest BCUT2D eigenvalue weighted by molar-refractivity contribution is 9.10. The maximum absolute atomic E-state index is 8.69. The van der Waals surface area contributed by atoms with E-state index in [2.05, 4.69) is 26.1 Å². The van der Waals surface area contributed by atoms with Crippen LogP contribution in [0.2, 0.25) is 0 Å². The largest absolute Gasteiger partial charge is 0.396 e. The molecule has 5 heteroatoms. The zero-order chi connectivity index (χ0) is 12.1. The Morgan fingerprint density at radius 3 is 2.82 bits per heavy atom. The molecule has 2 rings (SSSR count). The number of aromatic nitrogens is 2. The molecule has 1 aromatic heterocycles. The lowest BCUT2D eigenvalue weighted by molar-refractivity contribution is 0.281. The van der Waals surface area contributed by atoms with Gasteiger partial charge in [0, 0.05) is 23.1 Å². The molecule has 0 amide bonds. The minimum atomic E-state index is 0.200. The van der Waals surface area contributed by atoms with Crippen LogP contribution in [-0.2, 0) is 6.42 Å². The van der Waals surface area contributed by atoms with E-state index < -0.39 is 0 Å². The quantitative estimate of drug-likeness (QED) is 0.862. The Kier molecular flexibility index (Phi) is 4.28. The van der Waals surface area contributed by atoms with E-state index >= 15 is 0 Å². The van der Waals surface area contributed by atoms with Gasteiger partial charge in [0.2, 0.25) is 11.7 Å². The third-order valence-electron chi connectivity index (χ3n) is 2.38. The topological polar surface area (TPSA) is 59.2 Å². The van der Waals surface area contributed by atoms with E-state index in [0.29, 0.717) is 18.1 Å². The summed E-state index contributed by atoms with van der Waals surface area (Å²) in [5.74, 6) is 1.21. The van der Waals surface area contributed by atoms with Gasteiger partial charge in [-0.25, -0.2) is 0 Å². The van der Waals surface area contributed by atoms with Gasteiger partial charge in [0.05, 0.1) is 0 Å². The second kappa shape index (κ2) is 5.93. The standard InChI is InChI=1S/C12H13BrN2O2/c13-10-6-2-1-5-9(10)12-14-11(17-15-12)7-3-4-8-16/h1-2,5-6,16H,3-4,7-8H2. The van der Waals surface area contributed by atoms with Crippen LogP contribution in [-0.4, -0.2) is 21.9 Å². The van der Waals surface area contributed by atoms with Crippen LogP contribution in [0, 0.1) is 0 Å². The maximum atomic E-state index is 8.69. The van der Waals surface area contributed by atoms with Crippen molar-refractivity contribution < 1.29 is 9.63 Å². The predicted octanol–water partition coefficient (Wildman–Crippen LogP) is 2.81. The zero-order valence-electron chi connectivity index (χ0n) is 9.27. The van der Waals surface area contributed by atoms with Crippen LogP contribution in [0.5, 0.6) is 0 Å². The number of aliphatic hydroxyl groups excluding tert-OH is 1. The summed E-state index contributed by atoms with van der Waals surface area (Å²) < 4.78 is 6.10. The number of benzene rings is 1. The van der Waals surface area contributed by atoms with Gasteiger partial charge < -0.3 is 9.63 Å². The highest BCUT2D eigenvalue weighted by Crippen LogP contribution is 2.25. The number of halogens is 1. The molecule has 0 fully saturated rings. The summed E-state index contributed by atoms with van der Waals surface area (Å²) in [6, 6.07) is 7.75. The first-order valence-corrected chi connectivity index (χ1v) is 6.29. The third kappa shape index (κ3) is 3.14. The lowest BCUT2D eigenvalue weighted by atomic mass is 10.2. The molecule has 0 saturated heterocycles. The number of rotatable bonds is 5. The van der Waals surface area contributed by atoms with Crippen molar-refractivity contribution in [2.75, 3.05) is 6.61 Å². The molecule has 0 bridgehead atoms. The molecule has 17 heavy (non-hydrogen) atoms. The molecule has 0 aliphatic carbocycles. The first-order chi connectivity index (χ1) is 8.31. The van der Waals surface area contributed by atoms with Gasteiger partial charge in [0.25, 0.3) is 0 Å². The van der Waals surface area contributed by atoms with Gasteiger partial charge in [-0.1, -0.05) is 33.2 Å². The van der Waals surface area contributed by atoms with E-state index in [1.165, 1.54) is 0 Å². The normalized spacial score (nSPS) is 10.7. The van der Waals surface area contributed by atoms with Crippen LogP contribution in [0.1, 0.15) is 18.7 Å². The van der Waals surface area contributed by atoms with Crippen molar-refractivity contribution in [2.45, 2.75) is 19.3 Å². The van der Waals surface area contributed by atoms with Crippen LogP contribution in [0.4, 0.5) is 0 Å². The van der Waals surface area contributed by atoms with E-state index in [1.54, 1.807) is 0 Å². The van der Waals surface area contributed by atoms with E-state index in [9.17, 15) is 0 Å². The monoisotopic (exact) mass is 296 g/mol. The minimum Gasteiger partial charge on any atom is -0.396 e. The van der Waals surface area contributed by atoms with Gasteiger partial charge >= 0.3 is 0 Å². The Bertz CT molecular complexity index is 485. The Morgan fingerprint density at radius 1 is 1.24 bits per heavy atom. The second-order valence-corrected chi connectivity index (χ2v) is 4.53. The molecule has 1 aromatic carbocycles. The molecule has 2 aromatic rings. The number of aryl methyl sites for hydroxylation is 1. The molecule has 0 aliphatic rings. The van der Waals surface area contributed by atoms with E-state index in [1.807, 2.05) is 24.3 Å². The van der Waals surface area contributed by atoms with Crippen molar-refractivity contribution in [3.63, 3.8) is 0 Å². The Labute approximate surface area is 108 Å². The molecule has 90 valence electrons.